The van der Waals surface area contributed by atoms with Crippen LogP contribution in [-0.2, 0) is 11.3 Å². The lowest BCUT2D eigenvalue weighted by Crippen LogP contribution is -2.21. The van der Waals surface area contributed by atoms with Crippen LogP contribution in [0.3, 0.4) is 0 Å². The Hall–Kier alpha value is -0.600. The highest BCUT2D eigenvalue weighted by atomic mass is 35.5. The van der Waals surface area contributed by atoms with E-state index in [-0.39, 0.29) is 5.41 Å². The predicted molar refractivity (Wildman–Crippen MR) is 63.2 cm³/mol. The van der Waals surface area contributed by atoms with Crippen LogP contribution in [0.25, 0.3) is 0 Å². The molecule has 0 bridgehead atoms. The Labute approximate surface area is 93.2 Å². The summed E-state index contributed by atoms with van der Waals surface area (Å²) in [6.07, 6.45) is 0. The largest absolute Gasteiger partial charge is 0.212 e. The summed E-state index contributed by atoms with van der Waals surface area (Å²) in [6.45, 7) is 6.09. The summed E-state index contributed by atoms with van der Waals surface area (Å²) in [4.78, 5) is 0.842. The van der Waals surface area contributed by atoms with Gasteiger partial charge in [-0.3, -0.25) is 0 Å². The normalized spacial score (nSPS) is 11.1. The van der Waals surface area contributed by atoms with Crippen molar-refractivity contribution in [2.45, 2.75) is 20.8 Å². The summed E-state index contributed by atoms with van der Waals surface area (Å²) in [5.74, 6) is 0. The number of rotatable bonds is 1. The summed E-state index contributed by atoms with van der Waals surface area (Å²) in [6, 6.07) is 7.37. The molecule has 0 aliphatic rings. The van der Waals surface area contributed by atoms with Crippen LogP contribution in [0, 0.1) is 5.41 Å². The molecular formula is C11H13ClOS. The van der Waals surface area contributed by atoms with E-state index in [0.29, 0.717) is 16.3 Å². The van der Waals surface area contributed by atoms with Crippen molar-refractivity contribution < 1.29 is 4.21 Å². The molecule has 0 saturated carbocycles. The van der Waals surface area contributed by atoms with Gasteiger partial charge in [-0.05, 0) is 23.1 Å². The summed E-state index contributed by atoms with van der Waals surface area (Å²) < 4.78 is 11.0. The highest BCUT2D eigenvalue weighted by molar-refractivity contribution is 7.67. The summed E-state index contributed by atoms with van der Waals surface area (Å²) in [5.41, 5.74) is 0.849. The second kappa shape index (κ2) is 4.28. The van der Waals surface area contributed by atoms with Gasteiger partial charge < -0.3 is 0 Å². The van der Waals surface area contributed by atoms with E-state index in [4.69, 9.17) is 11.6 Å². The Morgan fingerprint density at radius 1 is 1.21 bits per heavy atom. The topological polar surface area (TPSA) is 17.1 Å². The minimum Gasteiger partial charge on any atom is -0.212 e. The first-order valence-corrected chi connectivity index (χ1v) is 5.50. The number of hydrogen-bond acceptors (Lipinski definition) is 1. The molecule has 0 radical (unpaired) electrons. The van der Waals surface area contributed by atoms with Crippen LogP contribution >= 0.6 is 11.6 Å². The SMILES string of the molecule is CC(C)(C)C(=S=O)c1ccc(Cl)cc1. The van der Waals surface area contributed by atoms with Crippen LogP contribution < -0.4 is 0 Å². The first-order chi connectivity index (χ1) is 6.45. The van der Waals surface area contributed by atoms with Crippen LogP contribution in [0.2, 0.25) is 5.02 Å². The monoisotopic (exact) mass is 228 g/mol. The van der Waals surface area contributed by atoms with Gasteiger partial charge in [-0.25, -0.2) is 4.21 Å². The lowest BCUT2D eigenvalue weighted by Gasteiger charge is -2.19. The minimum atomic E-state index is -0.111. The van der Waals surface area contributed by atoms with Crippen molar-refractivity contribution in [2.24, 2.45) is 5.41 Å². The standard InChI is InChI=1S/C11H13ClOS/c1-11(2,3)10(14-13)8-4-6-9(12)7-5-8/h4-7H,1-3H3. The maximum Gasteiger partial charge on any atom is 0.0932 e. The molecule has 76 valence electrons. The molecule has 1 rings (SSSR count). The van der Waals surface area contributed by atoms with E-state index >= 15 is 0 Å². The molecule has 0 saturated heterocycles. The third-order valence-electron chi connectivity index (χ3n) is 1.87. The van der Waals surface area contributed by atoms with Gasteiger partial charge in [-0.2, -0.15) is 0 Å². The van der Waals surface area contributed by atoms with Crippen LogP contribution in [-0.4, -0.2) is 9.07 Å². The molecular weight excluding hydrogens is 216 g/mol. The minimum absolute atomic E-state index is 0.111. The molecule has 1 aromatic rings. The molecule has 0 atom stereocenters. The van der Waals surface area contributed by atoms with Crippen LogP contribution in [0.1, 0.15) is 26.3 Å². The van der Waals surface area contributed by atoms with E-state index in [1.807, 2.05) is 32.9 Å². The molecule has 0 aromatic heterocycles. The zero-order valence-electron chi connectivity index (χ0n) is 8.50. The molecule has 0 aliphatic heterocycles. The van der Waals surface area contributed by atoms with Crippen LogP contribution in [0.15, 0.2) is 24.3 Å². The molecule has 0 amide bonds. The van der Waals surface area contributed by atoms with Gasteiger partial charge in [0.1, 0.15) is 0 Å². The Balaban J connectivity index is 3.16. The maximum atomic E-state index is 11.0. The molecule has 0 unspecified atom stereocenters. The summed E-state index contributed by atoms with van der Waals surface area (Å²) >= 11 is 6.34. The predicted octanol–water partition coefficient (Wildman–Crippen LogP) is 3.12. The second-order valence-corrected chi connectivity index (χ2v) is 5.18. The first-order valence-electron chi connectivity index (χ1n) is 4.38. The fourth-order valence-corrected chi connectivity index (χ4v) is 1.82. The Kier molecular flexibility index (Phi) is 3.51. The molecule has 0 heterocycles. The van der Waals surface area contributed by atoms with Crippen molar-refractivity contribution in [3.05, 3.63) is 34.9 Å². The summed E-state index contributed by atoms with van der Waals surface area (Å²) in [7, 11) is 0. The van der Waals surface area contributed by atoms with Gasteiger partial charge in [0.05, 0.1) is 16.1 Å². The molecule has 0 N–H and O–H groups in total. The Morgan fingerprint density at radius 3 is 2.07 bits per heavy atom. The fraction of sp³-hybridized carbons (Fsp3) is 0.364. The van der Waals surface area contributed by atoms with Crippen LogP contribution in [0.5, 0.6) is 0 Å². The van der Waals surface area contributed by atoms with Gasteiger partial charge in [-0.15, -0.1) is 0 Å². The van der Waals surface area contributed by atoms with Gasteiger partial charge in [0.2, 0.25) is 0 Å². The molecule has 0 spiro atoms. The number of benzene rings is 1. The molecule has 3 heteroatoms. The molecule has 1 nitrogen and oxygen atoms in total. The van der Waals surface area contributed by atoms with E-state index in [2.05, 4.69) is 0 Å². The van der Waals surface area contributed by atoms with E-state index in [1.165, 1.54) is 0 Å². The number of hydrogen-bond donors (Lipinski definition) is 0. The highest BCUT2D eigenvalue weighted by Gasteiger charge is 2.19. The van der Waals surface area contributed by atoms with E-state index in [1.54, 1.807) is 12.1 Å². The van der Waals surface area contributed by atoms with E-state index in [9.17, 15) is 4.21 Å². The average Bonchev–Trinajstić information content (AvgIpc) is 2.07. The van der Waals surface area contributed by atoms with Crippen molar-refractivity contribution in [3.63, 3.8) is 0 Å². The Morgan fingerprint density at radius 2 is 1.71 bits per heavy atom. The van der Waals surface area contributed by atoms with Crippen molar-refractivity contribution in [3.8, 4) is 0 Å². The first kappa shape index (κ1) is 11.5. The molecule has 0 aliphatic carbocycles. The van der Waals surface area contributed by atoms with Crippen molar-refractivity contribution >= 4 is 27.7 Å². The lowest BCUT2D eigenvalue weighted by atomic mass is 9.88. The molecule has 0 fully saturated rings. The average molecular weight is 229 g/mol. The van der Waals surface area contributed by atoms with Gasteiger partial charge >= 0.3 is 0 Å². The molecule has 14 heavy (non-hydrogen) atoms. The van der Waals surface area contributed by atoms with Crippen molar-refractivity contribution in [2.75, 3.05) is 0 Å². The third-order valence-corrected chi connectivity index (χ3v) is 3.14. The molecule has 1 aromatic carbocycles. The van der Waals surface area contributed by atoms with Gasteiger partial charge in [0.25, 0.3) is 0 Å². The quantitative estimate of drug-likeness (QED) is 0.533. The Bertz CT molecular complexity index is 369. The van der Waals surface area contributed by atoms with E-state index in [0.717, 1.165) is 10.4 Å². The fourth-order valence-electron chi connectivity index (χ4n) is 1.21. The smallest absolute Gasteiger partial charge is 0.0932 e. The summed E-state index contributed by atoms with van der Waals surface area (Å²) in [5, 5.41) is 0.693. The van der Waals surface area contributed by atoms with Gasteiger partial charge in [0.15, 0.2) is 0 Å². The van der Waals surface area contributed by atoms with Crippen LogP contribution in [0.4, 0.5) is 0 Å². The third kappa shape index (κ3) is 2.69. The van der Waals surface area contributed by atoms with Crippen molar-refractivity contribution in [1.82, 2.24) is 0 Å². The van der Waals surface area contributed by atoms with Gasteiger partial charge in [0, 0.05) is 5.02 Å². The lowest BCUT2D eigenvalue weighted by molar-refractivity contribution is 0.600. The maximum absolute atomic E-state index is 11.0. The highest BCUT2D eigenvalue weighted by Crippen LogP contribution is 2.21. The number of halogens is 1. The second-order valence-electron chi connectivity index (χ2n) is 4.17. The van der Waals surface area contributed by atoms with Crippen molar-refractivity contribution in [1.29, 1.82) is 0 Å². The zero-order valence-corrected chi connectivity index (χ0v) is 10.1. The zero-order chi connectivity index (χ0) is 10.8. The van der Waals surface area contributed by atoms with Gasteiger partial charge in [-0.1, -0.05) is 44.5 Å². The van der Waals surface area contributed by atoms with E-state index < -0.39 is 0 Å².